The Bertz CT molecular complexity index is 729. The third-order valence-corrected chi connectivity index (χ3v) is 2.98. The summed E-state index contributed by atoms with van der Waals surface area (Å²) in [5.41, 5.74) is 7.23. The summed E-state index contributed by atoms with van der Waals surface area (Å²) >= 11 is 0. The van der Waals surface area contributed by atoms with Gasteiger partial charge in [-0.15, -0.1) is 0 Å². The van der Waals surface area contributed by atoms with E-state index >= 15 is 0 Å². The fourth-order valence-electron chi connectivity index (χ4n) is 2.01. The van der Waals surface area contributed by atoms with Crippen LogP contribution in [0.1, 0.15) is 5.56 Å². The average molecular weight is 259 g/mol. The molecule has 0 radical (unpaired) electrons. The zero-order valence-electron chi connectivity index (χ0n) is 9.98. The molecule has 0 aliphatic carbocycles. The maximum atomic E-state index is 13.7. The van der Waals surface area contributed by atoms with Gasteiger partial charge in [-0.3, -0.25) is 0 Å². The van der Waals surface area contributed by atoms with E-state index in [0.29, 0.717) is 12.2 Å². The SMILES string of the molecule is NCc1ccn2cc(-c3c(F)cccc3F)nc2c1. The van der Waals surface area contributed by atoms with E-state index in [9.17, 15) is 8.78 Å². The van der Waals surface area contributed by atoms with E-state index in [0.717, 1.165) is 5.56 Å². The number of hydrogen-bond donors (Lipinski definition) is 1. The van der Waals surface area contributed by atoms with Crippen molar-refractivity contribution in [1.82, 2.24) is 9.38 Å². The van der Waals surface area contributed by atoms with Gasteiger partial charge in [0.25, 0.3) is 0 Å². The van der Waals surface area contributed by atoms with E-state index in [1.54, 1.807) is 22.9 Å². The van der Waals surface area contributed by atoms with Gasteiger partial charge in [0, 0.05) is 18.9 Å². The molecular weight excluding hydrogens is 248 g/mol. The summed E-state index contributed by atoms with van der Waals surface area (Å²) in [5, 5.41) is 0. The van der Waals surface area contributed by atoms with Crippen LogP contribution in [-0.2, 0) is 6.54 Å². The minimum absolute atomic E-state index is 0.111. The molecular formula is C14H11F2N3. The molecule has 5 heteroatoms. The van der Waals surface area contributed by atoms with Crippen molar-refractivity contribution >= 4 is 5.65 Å². The molecule has 0 aliphatic rings. The van der Waals surface area contributed by atoms with Gasteiger partial charge < -0.3 is 10.1 Å². The molecule has 0 atom stereocenters. The molecule has 0 aliphatic heterocycles. The molecule has 3 rings (SSSR count). The summed E-state index contributed by atoms with van der Waals surface area (Å²) in [5.74, 6) is -1.25. The Morgan fingerprint density at radius 3 is 2.58 bits per heavy atom. The molecule has 96 valence electrons. The molecule has 0 spiro atoms. The molecule has 1 aromatic carbocycles. The Balaban J connectivity index is 2.21. The highest BCUT2D eigenvalue weighted by Crippen LogP contribution is 2.25. The minimum Gasteiger partial charge on any atom is -0.326 e. The first-order valence-corrected chi connectivity index (χ1v) is 5.81. The number of fused-ring (bicyclic) bond motifs is 1. The van der Waals surface area contributed by atoms with Crippen molar-refractivity contribution in [2.24, 2.45) is 5.73 Å². The highest BCUT2D eigenvalue weighted by Gasteiger charge is 2.14. The number of halogens is 2. The van der Waals surface area contributed by atoms with Crippen molar-refractivity contribution < 1.29 is 8.78 Å². The lowest BCUT2D eigenvalue weighted by Gasteiger charge is -1.99. The second kappa shape index (κ2) is 4.44. The Hall–Kier alpha value is -2.27. The van der Waals surface area contributed by atoms with Gasteiger partial charge in [0.2, 0.25) is 0 Å². The zero-order valence-corrected chi connectivity index (χ0v) is 9.98. The number of hydrogen-bond acceptors (Lipinski definition) is 2. The van der Waals surface area contributed by atoms with E-state index in [4.69, 9.17) is 5.73 Å². The Morgan fingerprint density at radius 2 is 1.89 bits per heavy atom. The van der Waals surface area contributed by atoms with Crippen LogP contribution >= 0.6 is 0 Å². The number of nitrogens with zero attached hydrogens (tertiary/aromatic N) is 2. The zero-order chi connectivity index (χ0) is 13.4. The van der Waals surface area contributed by atoms with Gasteiger partial charge in [0.05, 0.1) is 11.3 Å². The highest BCUT2D eigenvalue weighted by molar-refractivity contribution is 5.64. The van der Waals surface area contributed by atoms with Crippen LogP contribution in [0.15, 0.2) is 42.7 Å². The van der Waals surface area contributed by atoms with Gasteiger partial charge in [0.15, 0.2) is 0 Å². The largest absolute Gasteiger partial charge is 0.326 e. The maximum absolute atomic E-state index is 13.7. The van der Waals surface area contributed by atoms with Crippen molar-refractivity contribution in [3.8, 4) is 11.3 Å². The Labute approximate surface area is 108 Å². The first kappa shape index (κ1) is 11.8. The summed E-state index contributed by atoms with van der Waals surface area (Å²) in [6.07, 6.45) is 3.36. The van der Waals surface area contributed by atoms with Gasteiger partial charge >= 0.3 is 0 Å². The van der Waals surface area contributed by atoms with E-state index in [1.165, 1.54) is 18.2 Å². The lowest BCUT2D eigenvalue weighted by molar-refractivity contribution is 0.589. The summed E-state index contributed by atoms with van der Waals surface area (Å²) in [6, 6.07) is 7.40. The third kappa shape index (κ3) is 1.98. The summed E-state index contributed by atoms with van der Waals surface area (Å²) in [4.78, 5) is 4.24. The van der Waals surface area contributed by atoms with E-state index in [2.05, 4.69) is 4.98 Å². The monoisotopic (exact) mass is 259 g/mol. The molecule has 3 nitrogen and oxygen atoms in total. The van der Waals surface area contributed by atoms with Crippen LogP contribution in [0.4, 0.5) is 8.78 Å². The molecule has 0 fully saturated rings. The van der Waals surface area contributed by atoms with Crippen molar-refractivity contribution in [3.63, 3.8) is 0 Å². The quantitative estimate of drug-likeness (QED) is 0.769. The van der Waals surface area contributed by atoms with Crippen molar-refractivity contribution in [1.29, 1.82) is 0 Å². The fraction of sp³-hybridized carbons (Fsp3) is 0.0714. The number of rotatable bonds is 2. The predicted octanol–water partition coefficient (Wildman–Crippen LogP) is 2.74. The highest BCUT2D eigenvalue weighted by atomic mass is 19.1. The second-order valence-corrected chi connectivity index (χ2v) is 4.23. The van der Waals surface area contributed by atoms with Crippen LogP contribution in [0.5, 0.6) is 0 Å². The number of nitrogens with two attached hydrogens (primary N) is 1. The van der Waals surface area contributed by atoms with Crippen molar-refractivity contribution in [2.75, 3.05) is 0 Å². The molecule has 0 bridgehead atoms. The minimum atomic E-state index is -0.623. The smallest absolute Gasteiger partial charge is 0.137 e. The average Bonchev–Trinajstić information content (AvgIpc) is 2.80. The molecule has 2 aromatic heterocycles. The van der Waals surface area contributed by atoms with Gasteiger partial charge in [0.1, 0.15) is 17.3 Å². The lowest BCUT2D eigenvalue weighted by atomic mass is 10.1. The number of aromatic nitrogens is 2. The normalized spacial score (nSPS) is 11.1. The predicted molar refractivity (Wildman–Crippen MR) is 68.4 cm³/mol. The Kier molecular flexibility index (Phi) is 2.76. The molecule has 2 N–H and O–H groups in total. The number of benzene rings is 1. The van der Waals surface area contributed by atoms with Gasteiger partial charge in [-0.1, -0.05) is 6.07 Å². The molecule has 0 unspecified atom stereocenters. The Morgan fingerprint density at radius 1 is 1.16 bits per heavy atom. The molecule has 3 aromatic rings. The number of pyridine rings is 1. The standard InChI is InChI=1S/C14H11F2N3/c15-10-2-1-3-11(16)14(10)12-8-19-5-4-9(7-17)6-13(19)18-12/h1-6,8H,7,17H2. The van der Waals surface area contributed by atoms with Crippen LogP contribution in [0.3, 0.4) is 0 Å². The fourth-order valence-corrected chi connectivity index (χ4v) is 2.01. The van der Waals surface area contributed by atoms with Gasteiger partial charge in [-0.2, -0.15) is 0 Å². The summed E-state index contributed by atoms with van der Waals surface area (Å²) in [6.45, 7) is 0.396. The van der Waals surface area contributed by atoms with E-state index < -0.39 is 11.6 Å². The maximum Gasteiger partial charge on any atom is 0.137 e. The van der Waals surface area contributed by atoms with E-state index in [1.807, 2.05) is 6.07 Å². The van der Waals surface area contributed by atoms with Crippen LogP contribution in [0.2, 0.25) is 0 Å². The van der Waals surface area contributed by atoms with Crippen LogP contribution < -0.4 is 5.73 Å². The van der Waals surface area contributed by atoms with Crippen molar-refractivity contribution in [3.05, 3.63) is 59.9 Å². The first-order chi connectivity index (χ1) is 9.19. The van der Waals surface area contributed by atoms with Crippen LogP contribution in [0, 0.1) is 11.6 Å². The van der Waals surface area contributed by atoms with Crippen molar-refractivity contribution in [2.45, 2.75) is 6.54 Å². The van der Waals surface area contributed by atoms with Crippen LogP contribution in [0.25, 0.3) is 16.9 Å². The lowest BCUT2D eigenvalue weighted by Crippen LogP contribution is -1.96. The third-order valence-electron chi connectivity index (χ3n) is 2.98. The second-order valence-electron chi connectivity index (χ2n) is 4.23. The van der Waals surface area contributed by atoms with Gasteiger partial charge in [-0.25, -0.2) is 13.8 Å². The molecule has 19 heavy (non-hydrogen) atoms. The summed E-state index contributed by atoms with van der Waals surface area (Å²) < 4.78 is 29.1. The topological polar surface area (TPSA) is 43.3 Å². The van der Waals surface area contributed by atoms with Gasteiger partial charge in [-0.05, 0) is 29.8 Å². The van der Waals surface area contributed by atoms with E-state index in [-0.39, 0.29) is 11.3 Å². The molecule has 0 saturated heterocycles. The number of imidazole rings is 1. The first-order valence-electron chi connectivity index (χ1n) is 5.81. The molecule has 2 heterocycles. The summed E-state index contributed by atoms with van der Waals surface area (Å²) in [7, 11) is 0. The molecule has 0 amide bonds. The molecule has 0 saturated carbocycles. The van der Waals surface area contributed by atoms with Crippen LogP contribution in [-0.4, -0.2) is 9.38 Å².